The third kappa shape index (κ3) is 4.70. The van der Waals surface area contributed by atoms with E-state index < -0.39 is 0 Å². The van der Waals surface area contributed by atoms with Crippen LogP contribution in [0, 0.1) is 5.92 Å². The highest BCUT2D eigenvalue weighted by Crippen LogP contribution is 2.26. The van der Waals surface area contributed by atoms with Gasteiger partial charge in [-0.25, -0.2) is 0 Å². The fraction of sp³-hybridized carbons (Fsp3) is 0.647. The van der Waals surface area contributed by atoms with Crippen molar-refractivity contribution >= 4 is 0 Å². The van der Waals surface area contributed by atoms with Crippen LogP contribution in [0.5, 0.6) is 5.75 Å². The molecule has 1 aliphatic heterocycles. The average molecular weight is 292 g/mol. The highest BCUT2D eigenvalue weighted by molar-refractivity contribution is 5.35. The number of hydrogen-bond donors (Lipinski definition) is 1. The molecule has 0 aliphatic carbocycles. The number of rotatable bonds is 7. The molecule has 2 N–H and O–H groups in total. The Labute approximate surface area is 128 Å². The molecule has 0 amide bonds. The average Bonchev–Trinajstić information content (AvgIpc) is 2.50. The third-order valence-corrected chi connectivity index (χ3v) is 4.18. The molecule has 1 aromatic rings. The molecule has 2 rings (SSSR count). The van der Waals surface area contributed by atoms with Crippen LogP contribution in [0.15, 0.2) is 24.3 Å². The summed E-state index contributed by atoms with van der Waals surface area (Å²) >= 11 is 0. The molecule has 118 valence electrons. The normalized spacial score (nSPS) is 18.6. The van der Waals surface area contributed by atoms with E-state index in [-0.39, 0.29) is 6.04 Å². The highest BCUT2D eigenvalue weighted by atomic mass is 16.5. The van der Waals surface area contributed by atoms with Gasteiger partial charge in [-0.05, 0) is 44.8 Å². The van der Waals surface area contributed by atoms with Gasteiger partial charge in [0.15, 0.2) is 0 Å². The Hall–Kier alpha value is -1.10. The second kappa shape index (κ2) is 8.37. The fourth-order valence-electron chi connectivity index (χ4n) is 3.02. The van der Waals surface area contributed by atoms with E-state index in [9.17, 15) is 0 Å². The van der Waals surface area contributed by atoms with Gasteiger partial charge in [-0.2, -0.15) is 0 Å². The lowest BCUT2D eigenvalue weighted by molar-refractivity contribution is 0.0969. The molecule has 1 unspecified atom stereocenters. The minimum absolute atomic E-state index is 0.00623. The van der Waals surface area contributed by atoms with Gasteiger partial charge < -0.3 is 20.1 Å². The number of para-hydroxylation sites is 1. The van der Waals surface area contributed by atoms with E-state index >= 15 is 0 Å². The molecule has 0 spiro atoms. The number of ether oxygens (including phenoxy) is 2. The van der Waals surface area contributed by atoms with Crippen LogP contribution in [0.3, 0.4) is 0 Å². The molecule has 0 aromatic heterocycles. The lowest BCUT2D eigenvalue weighted by atomic mass is 9.97. The topological polar surface area (TPSA) is 47.7 Å². The van der Waals surface area contributed by atoms with Crippen molar-refractivity contribution in [3.8, 4) is 5.75 Å². The van der Waals surface area contributed by atoms with Gasteiger partial charge in [0.1, 0.15) is 5.75 Å². The molecular formula is C17H28N2O2. The zero-order chi connectivity index (χ0) is 15.1. The van der Waals surface area contributed by atoms with Gasteiger partial charge in [-0.3, -0.25) is 0 Å². The van der Waals surface area contributed by atoms with E-state index in [1.807, 2.05) is 25.1 Å². The smallest absolute Gasteiger partial charge is 0.124 e. The first-order chi connectivity index (χ1) is 10.2. The van der Waals surface area contributed by atoms with Crippen molar-refractivity contribution in [2.45, 2.75) is 25.8 Å². The van der Waals surface area contributed by atoms with Gasteiger partial charge in [0.2, 0.25) is 0 Å². The fourth-order valence-corrected chi connectivity index (χ4v) is 3.02. The molecular weight excluding hydrogens is 264 g/mol. The zero-order valence-corrected chi connectivity index (χ0v) is 13.3. The molecule has 0 radical (unpaired) electrons. The molecule has 1 atom stereocenters. The number of piperidine rings is 1. The highest BCUT2D eigenvalue weighted by Gasteiger charge is 2.22. The summed E-state index contributed by atoms with van der Waals surface area (Å²) < 4.78 is 10.9. The van der Waals surface area contributed by atoms with Crippen molar-refractivity contribution in [2.24, 2.45) is 11.7 Å². The second-order valence-electron chi connectivity index (χ2n) is 5.78. The Morgan fingerprint density at radius 2 is 2.00 bits per heavy atom. The van der Waals surface area contributed by atoms with Crippen LogP contribution in [-0.2, 0) is 4.74 Å². The molecule has 1 fully saturated rings. The molecule has 4 nitrogen and oxygen atoms in total. The van der Waals surface area contributed by atoms with Crippen molar-refractivity contribution in [2.75, 3.05) is 40.0 Å². The number of methoxy groups -OCH3 is 1. The first kappa shape index (κ1) is 16.3. The Morgan fingerprint density at radius 3 is 2.67 bits per heavy atom. The SMILES string of the molecule is CCOc1ccccc1C(N)CN1CCC(COC)CC1. The Balaban J connectivity index is 1.89. The van der Waals surface area contributed by atoms with Gasteiger partial charge >= 0.3 is 0 Å². The van der Waals surface area contributed by atoms with Crippen molar-refractivity contribution in [1.82, 2.24) is 4.90 Å². The molecule has 21 heavy (non-hydrogen) atoms. The summed E-state index contributed by atoms with van der Waals surface area (Å²) in [7, 11) is 1.78. The van der Waals surface area contributed by atoms with Crippen LogP contribution in [0.4, 0.5) is 0 Å². The maximum Gasteiger partial charge on any atom is 0.124 e. The number of hydrogen-bond acceptors (Lipinski definition) is 4. The van der Waals surface area contributed by atoms with Crippen LogP contribution in [0.1, 0.15) is 31.4 Å². The predicted molar refractivity (Wildman–Crippen MR) is 85.6 cm³/mol. The third-order valence-electron chi connectivity index (χ3n) is 4.18. The minimum atomic E-state index is 0.00623. The van der Waals surface area contributed by atoms with E-state index in [1.165, 1.54) is 12.8 Å². The van der Waals surface area contributed by atoms with Gasteiger partial charge in [0.25, 0.3) is 0 Å². The van der Waals surface area contributed by atoms with Crippen molar-refractivity contribution in [3.63, 3.8) is 0 Å². The summed E-state index contributed by atoms with van der Waals surface area (Å²) in [5.74, 6) is 1.62. The summed E-state index contributed by atoms with van der Waals surface area (Å²) in [5, 5.41) is 0. The van der Waals surface area contributed by atoms with Crippen LogP contribution < -0.4 is 10.5 Å². The van der Waals surface area contributed by atoms with Crippen LogP contribution in [-0.4, -0.2) is 44.9 Å². The van der Waals surface area contributed by atoms with Gasteiger partial charge in [0, 0.05) is 31.9 Å². The van der Waals surface area contributed by atoms with E-state index in [0.29, 0.717) is 12.5 Å². The van der Waals surface area contributed by atoms with Crippen molar-refractivity contribution in [1.29, 1.82) is 0 Å². The minimum Gasteiger partial charge on any atom is -0.494 e. The van der Waals surface area contributed by atoms with Crippen LogP contribution >= 0.6 is 0 Å². The van der Waals surface area contributed by atoms with E-state index in [1.54, 1.807) is 7.11 Å². The summed E-state index contributed by atoms with van der Waals surface area (Å²) in [5.41, 5.74) is 7.51. The molecule has 1 heterocycles. The Morgan fingerprint density at radius 1 is 1.29 bits per heavy atom. The predicted octanol–water partition coefficient (Wildman–Crippen LogP) is 2.44. The molecule has 0 saturated carbocycles. The lowest BCUT2D eigenvalue weighted by Crippen LogP contribution is -2.39. The van der Waals surface area contributed by atoms with Gasteiger partial charge in [0.05, 0.1) is 6.61 Å². The molecule has 4 heteroatoms. The van der Waals surface area contributed by atoms with E-state index in [0.717, 1.165) is 37.6 Å². The zero-order valence-electron chi connectivity index (χ0n) is 13.3. The van der Waals surface area contributed by atoms with Crippen LogP contribution in [0.25, 0.3) is 0 Å². The molecule has 1 saturated heterocycles. The summed E-state index contributed by atoms with van der Waals surface area (Å²) in [6.45, 7) is 6.67. The Bertz CT molecular complexity index is 417. The van der Waals surface area contributed by atoms with E-state index in [4.69, 9.17) is 15.2 Å². The number of likely N-dealkylation sites (tertiary alicyclic amines) is 1. The second-order valence-corrected chi connectivity index (χ2v) is 5.78. The standard InChI is InChI=1S/C17H28N2O2/c1-3-21-17-7-5-4-6-15(17)16(18)12-19-10-8-14(9-11-19)13-20-2/h4-7,14,16H,3,8-13,18H2,1-2H3. The maximum absolute atomic E-state index is 6.40. The first-order valence-electron chi connectivity index (χ1n) is 7.93. The largest absolute Gasteiger partial charge is 0.494 e. The van der Waals surface area contributed by atoms with Crippen molar-refractivity contribution < 1.29 is 9.47 Å². The van der Waals surface area contributed by atoms with Crippen LogP contribution in [0.2, 0.25) is 0 Å². The number of nitrogens with zero attached hydrogens (tertiary/aromatic N) is 1. The summed E-state index contributed by atoms with van der Waals surface area (Å²) in [6.07, 6.45) is 2.40. The lowest BCUT2D eigenvalue weighted by Gasteiger charge is -2.33. The molecule has 0 bridgehead atoms. The number of nitrogens with two attached hydrogens (primary N) is 1. The Kier molecular flexibility index (Phi) is 6.49. The summed E-state index contributed by atoms with van der Waals surface area (Å²) in [6, 6.07) is 8.11. The maximum atomic E-state index is 6.40. The number of benzene rings is 1. The first-order valence-corrected chi connectivity index (χ1v) is 7.93. The van der Waals surface area contributed by atoms with Crippen molar-refractivity contribution in [3.05, 3.63) is 29.8 Å². The van der Waals surface area contributed by atoms with Gasteiger partial charge in [-0.1, -0.05) is 18.2 Å². The quantitative estimate of drug-likeness (QED) is 0.838. The monoisotopic (exact) mass is 292 g/mol. The molecule has 1 aliphatic rings. The summed E-state index contributed by atoms with van der Waals surface area (Å²) in [4.78, 5) is 2.46. The van der Waals surface area contributed by atoms with Gasteiger partial charge in [-0.15, -0.1) is 0 Å². The molecule has 1 aromatic carbocycles. The van der Waals surface area contributed by atoms with E-state index in [2.05, 4.69) is 11.0 Å².